The van der Waals surface area contributed by atoms with Crippen molar-refractivity contribution in [3.05, 3.63) is 41.4 Å². The second-order valence-corrected chi connectivity index (χ2v) is 8.51. The van der Waals surface area contributed by atoms with Crippen molar-refractivity contribution in [3.8, 4) is 0 Å². The molecule has 0 radical (unpaired) electrons. The summed E-state index contributed by atoms with van der Waals surface area (Å²) >= 11 is 0. The monoisotopic (exact) mass is 504 g/mol. The van der Waals surface area contributed by atoms with Gasteiger partial charge in [0.15, 0.2) is 12.4 Å². The van der Waals surface area contributed by atoms with Gasteiger partial charge in [-0.05, 0) is 32.8 Å². The molecule has 2 atom stereocenters. The van der Waals surface area contributed by atoms with E-state index in [-0.39, 0.29) is 38.5 Å². The zero-order valence-electron chi connectivity index (χ0n) is 21.7. The van der Waals surface area contributed by atoms with E-state index < -0.39 is 29.7 Å². The molecule has 198 valence electrons. The summed E-state index contributed by atoms with van der Waals surface area (Å²) in [6, 6.07) is 3.52. The van der Waals surface area contributed by atoms with Crippen LogP contribution in [-0.2, 0) is 39.9 Å². The molecule has 0 spiro atoms. The van der Waals surface area contributed by atoms with Crippen molar-refractivity contribution in [2.75, 3.05) is 39.6 Å². The standard InChI is InChI=1S/C26H37N3O7/c1-5-10-33-12-14-35-25(31)22-18(3)28-19(4)23(26(32)36-15-13-34-11-6-2)24(22)20-8-7-9-29(16-20)17-21(27)30/h7-9,16,22,24H,5-6,10-15,17H2,1-4H3,(H-,27,30)/p+1. The molecule has 2 heterocycles. The van der Waals surface area contributed by atoms with Crippen molar-refractivity contribution in [1.29, 1.82) is 0 Å². The summed E-state index contributed by atoms with van der Waals surface area (Å²) in [5.74, 6) is -3.20. The minimum atomic E-state index is -0.858. The number of rotatable bonds is 15. The summed E-state index contributed by atoms with van der Waals surface area (Å²) in [6.07, 6.45) is 5.11. The number of nitrogens with two attached hydrogens (primary N) is 1. The molecule has 2 unspecified atom stereocenters. The molecule has 1 aliphatic heterocycles. The molecule has 1 aromatic rings. The molecule has 1 aromatic heterocycles. The predicted molar refractivity (Wildman–Crippen MR) is 132 cm³/mol. The Balaban J connectivity index is 2.37. The maximum Gasteiger partial charge on any atom is 0.336 e. The van der Waals surface area contributed by atoms with Gasteiger partial charge in [0.2, 0.25) is 6.54 Å². The van der Waals surface area contributed by atoms with Crippen LogP contribution in [-0.4, -0.2) is 63.2 Å². The SMILES string of the molecule is CCCOCCOC(=O)C1=C(C)N=C(C)C(C(=O)OCCOCCC)C1c1ccc[n+](CC(N)=O)c1. The molecule has 0 bridgehead atoms. The largest absolute Gasteiger partial charge is 0.463 e. The number of hydrogen-bond donors (Lipinski definition) is 1. The van der Waals surface area contributed by atoms with Crippen LogP contribution in [0, 0.1) is 5.92 Å². The molecule has 10 heteroatoms. The Morgan fingerprint density at radius 1 is 0.972 bits per heavy atom. The molecule has 2 N–H and O–H groups in total. The van der Waals surface area contributed by atoms with E-state index in [1.165, 1.54) is 0 Å². The first kappa shape index (κ1) is 29.1. The number of amides is 1. The van der Waals surface area contributed by atoms with Gasteiger partial charge in [0.05, 0.1) is 18.8 Å². The second kappa shape index (κ2) is 15.1. The summed E-state index contributed by atoms with van der Waals surface area (Å²) in [5.41, 5.74) is 7.23. The molecule has 0 saturated carbocycles. The van der Waals surface area contributed by atoms with Crippen molar-refractivity contribution < 1.29 is 37.9 Å². The van der Waals surface area contributed by atoms with Gasteiger partial charge in [0, 0.05) is 42.2 Å². The van der Waals surface area contributed by atoms with Gasteiger partial charge in [-0.1, -0.05) is 13.8 Å². The van der Waals surface area contributed by atoms with Crippen molar-refractivity contribution in [2.45, 2.75) is 53.0 Å². The highest BCUT2D eigenvalue weighted by Crippen LogP contribution is 2.39. The van der Waals surface area contributed by atoms with Crippen molar-refractivity contribution in [1.82, 2.24) is 0 Å². The van der Waals surface area contributed by atoms with E-state index in [0.29, 0.717) is 30.2 Å². The zero-order chi connectivity index (χ0) is 26.5. The fourth-order valence-corrected chi connectivity index (χ4v) is 4.03. The first-order chi connectivity index (χ1) is 17.3. The first-order valence-electron chi connectivity index (χ1n) is 12.3. The van der Waals surface area contributed by atoms with Crippen LogP contribution in [0.15, 0.2) is 40.8 Å². The number of carbonyl (C=O) groups is 3. The lowest BCUT2D eigenvalue weighted by molar-refractivity contribution is -0.684. The minimum Gasteiger partial charge on any atom is -0.463 e. The van der Waals surface area contributed by atoms with Gasteiger partial charge in [0.1, 0.15) is 19.1 Å². The number of nitrogens with zero attached hydrogens (tertiary/aromatic N) is 2. The Labute approximate surface area is 212 Å². The third-order valence-electron chi connectivity index (χ3n) is 5.51. The fourth-order valence-electron chi connectivity index (χ4n) is 4.03. The van der Waals surface area contributed by atoms with E-state index in [0.717, 1.165) is 12.8 Å². The Morgan fingerprint density at radius 2 is 1.61 bits per heavy atom. The molecular weight excluding hydrogens is 466 g/mol. The van der Waals surface area contributed by atoms with Gasteiger partial charge in [-0.2, -0.15) is 4.57 Å². The molecule has 10 nitrogen and oxygen atoms in total. The summed E-state index contributed by atoms with van der Waals surface area (Å²) in [4.78, 5) is 42.5. The summed E-state index contributed by atoms with van der Waals surface area (Å²) < 4.78 is 23.4. The minimum absolute atomic E-state index is 0.0469. The first-order valence-corrected chi connectivity index (χ1v) is 12.3. The van der Waals surface area contributed by atoms with Crippen LogP contribution in [0.25, 0.3) is 0 Å². The maximum absolute atomic E-state index is 13.3. The Bertz CT molecular complexity index is 974. The Kier molecular flexibility index (Phi) is 12.2. The van der Waals surface area contributed by atoms with Gasteiger partial charge in [-0.25, -0.2) is 4.79 Å². The number of ether oxygens (including phenoxy) is 4. The van der Waals surface area contributed by atoms with Gasteiger partial charge in [-0.15, -0.1) is 0 Å². The number of aromatic nitrogens is 1. The van der Waals surface area contributed by atoms with Crippen LogP contribution >= 0.6 is 0 Å². The van der Waals surface area contributed by atoms with Crippen LogP contribution in [0.3, 0.4) is 0 Å². The van der Waals surface area contributed by atoms with Gasteiger partial charge < -0.3 is 24.7 Å². The van der Waals surface area contributed by atoms with Crippen molar-refractivity contribution in [2.24, 2.45) is 16.6 Å². The van der Waals surface area contributed by atoms with Gasteiger partial charge >= 0.3 is 11.9 Å². The lowest BCUT2D eigenvalue weighted by Gasteiger charge is -2.31. The van der Waals surface area contributed by atoms with E-state index >= 15 is 0 Å². The molecule has 0 aliphatic carbocycles. The molecule has 1 amide bonds. The average Bonchev–Trinajstić information content (AvgIpc) is 2.82. The van der Waals surface area contributed by atoms with E-state index in [2.05, 4.69) is 4.99 Å². The van der Waals surface area contributed by atoms with E-state index in [1.54, 1.807) is 42.9 Å². The second-order valence-electron chi connectivity index (χ2n) is 8.51. The number of hydrogen-bond acceptors (Lipinski definition) is 8. The summed E-state index contributed by atoms with van der Waals surface area (Å²) in [5, 5.41) is 0. The summed E-state index contributed by atoms with van der Waals surface area (Å²) in [6.45, 7) is 9.24. The number of primary amides is 1. The number of esters is 2. The molecule has 36 heavy (non-hydrogen) atoms. The van der Waals surface area contributed by atoms with Crippen molar-refractivity contribution >= 4 is 23.6 Å². The lowest BCUT2D eigenvalue weighted by Crippen LogP contribution is -2.42. The quantitative estimate of drug-likeness (QED) is 0.219. The third kappa shape index (κ3) is 8.53. The van der Waals surface area contributed by atoms with Gasteiger partial charge in [-0.3, -0.25) is 14.6 Å². The third-order valence-corrected chi connectivity index (χ3v) is 5.51. The zero-order valence-corrected chi connectivity index (χ0v) is 21.7. The van der Waals surface area contributed by atoms with Crippen LogP contribution in [0.2, 0.25) is 0 Å². The highest BCUT2D eigenvalue weighted by molar-refractivity contribution is 6.07. The number of aliphatic imine (C=N–C) groups is 1. The highest BCUT2D eigenvalue weighted by atomic mass is 16.6. The maximum atomic E-state index is 13.3. The Hall–Kier alpha value is -3.11. The van der Waals surface area contributed by atoms with Gasteiger partial charge in [0.25, 0.3) is 5.91 Å². The number of pyridine rings is 1. The predicted octanol–water partition coefficient (Wildman–Crippen LogP) is 1.85. The molecule has 0 aromatic carbocycles. The molecular formula is C26H38N3O7+. The van der Waals surface area contributed by atoms with Crippen LogP contribution in [0.1, 0.15) is 52.0 Å². The molecule has 1 aliphatic rings. The molecule has 0 fully saturated rings. The average molecular weight is 505 g/mol. The van der Waals surface area contributed by atoms with Crippen molar-refractivity contribution in [3.63, 3.8) is 0 Å². The molecule has 2 rings (SSSR count). The van der Waals surface area contributed by atoms with E-state index in [1.807, 2.05) is 13.8 Å². The number of allylic oxidation sites excluding steroid dienone is 1. The van der Waals surface area contributed by atoms with Crippen LogP contribution in [0.5, 0.6) is 0 Å². The van der Waals surface area contributed by atoms with Crippen LogP contribution < -0.4 is 10.3 Å². The smallest absolute Gasteiger partial charge is 0.336 e. The van der Waals surface area contributed by atoms with E-state index in [9.17, 15) is 14.4 Å². The Morgan fingerprint density at radius 3 is 2.22 bits per heavy atom. The lowest BCUT2D eigenvalue weighted by atomic mass is 9.76. The topological polar surface area (TPSA) is 130 Å². The normalized spacial score (nSPS) is 17.5. The number of carbonyl (C=O) groups excluding carboxylic acids is 3. The summed E-state index contributed by atoms with van der Waals surface area (Å²) in [7, 11) is 0. The fraction of sp³-hybridized carbons (Fsp3) is 0.577. The highest BCUT2D eigenvalue weighted by Gasteiger charge is 2.43. The van der Waals surface area contributed by atoms with E-state index in [4.69, 9.17) is 24.7 Å². The van der Waals surface area contributed by atoms with Crippen LogP contribution in [0.4, 0.5) is 0 Å². The molecule has 0 saturated heterocycles.